The Balaban J connectivity index is 1.85. The van der Waals surface area contributed by atoms with Crippen molar-refractivity contribution in [1.82, 2.24) is 9.78 Å². The summed E-state index contributed by atoms with van der Waals surface area (Å²) < 4.78 is 6.80. The van der Waals surface area contributed by atoms with Gasteiger partial charge in [0, 0.05) is 24.1 Å². The van der Waals surface area contributed by atoms with Crippen LogP contribution in [0.15, 0.2) is 29.2 Å². The number of thioether (sulfide) groups is 1. The van der Waals surface area contributed by atoms with Gasteiger partial charge in [-0.1, -0.05) is 0 Å². The van der Waals surface area contributed by atoms with Crippen LogP contribution < -0.4 is 5.32 Å². The molecule has 1 aromatic carbocycles. The smallest absolute Gasteiger partial charge is 0.317 e. The standard InChI is InChI=1S/C17H20N4O5S/c1-10-16(11(2)20(4)19-10)18-17(23)12(3)26-15(22)9-27-14-7-5-13(6-8-14)21(24)25/h5-8,12H,9H2,1-4H3,(H,18,23)/t12-/m0/s1. The predicted molar refractivity (Wildman–Crippen MR) is 101 cm³/mol. The number of aryl methyl sites for hydroxylation is 2. The van der Waals surface area contributed by atoms with E-state index in [0.717, 1.165) is 5.69 Å². The number of nitro benzene ring substituents is 1. The molecule has 1 amide bonds. The quantitative estimate of drug-likeness (QED) is 0.333. The Morgan fingerprint density at radius 3 is 2.48 bits per heavy atom. The van der Waals surface area contributed by atoms with Crippen molar-refractivity contribution < 1.29 is 19.2 Å². The van der Waals surface area contributed by atoms with Gasteiger partial charge in [-0.2, -0.15) is 5.10 Å². The number of aromatic nitrogens is 2. The van der Waals surface area contributed by atoms with E-state index >= 15 is 0 Å². The van der Waals surface area contributed by atoms with Crippen LogP contribution in [0.3, 0.4) is 0 Å². The van der Waals surface area contributed by atoms with Crippen molar-refractivity contribution >= 4 is 35.0 Å². The molecular weight excluding hydrogens is 372 g/mol. The largest absolute Gasteiger partial charge is 0.452 e. The van der Waals surface area contributed by atoms with Crippen LogP contribution in [-0.2, 0) is 21.4 Å². The average molecular weight is 392 g/mol. The highest BCUT2D eigenvalue weighted by atomic mass is 32.2. The molecule has 0 aliphatic rings. The number of carbonyl (C=O) groups is 2. The van der Waals surface area contributed by atoms with Crippen molar-refractivity contribution in [3.63, 3.8) is 0 Å². The molecule has 0 aliphatic heterocycles. The molecule has 10 heteroatoms. The van der Waals surface area contributed by atoms with E-state index in [1.54, 1.807) is 30.8 Å². The second-order valence-corrected chi connectivity index (χ2v) is 6.88. The second-order valence-electron chi connectivity index (χ2n) is 5.83. The van der Waals surface area contributed by atoms with Crippen LogP contribution in [0.5, 0.6) is 0 Å². The Bertz CT molecular complexity index is 863. The minimum absolute atomic E-state index is 0.0135. The number of hydrogen-bond acceptors (Lipinski definition) is 7. The maximum atomic E-state index is 12.2. The third-order valence-electron chi connectivity index (χ3n) is 3.84. The highest BCUT2D eigenvalue weighted by Gasteiger charge is 2.21. The maximum absolute atomic E-state index is 12.2. The topological polar surface area (TPSA) is 116 Å². The number of amides is 1. The lowest BCUT2D eigenvalue weighted by molar-refractivity contribution is -0.384. The highest BCUT2D eigenvalue weighted by Crippen LogP contribution is 2.22. The van der Waals surface area contributed by atoms with Crippen LogP contribution in [0.4, 0.5) is 11.4 Å². The van der Waals surface area contributed by atoms with E-state index < -0.39 is 22.9 Å². The van der Waals surface area contributed by atoms with E-state index in [2.05, 4.69) is 10.4 Å². The Morgan fingerprint density at radius 2 is 1.96 bits per heavy atom. The molecule has 1 atom stereocenters. The number of anilines is 1. The molecule has 27 heavy (non-hydrogen) atoms. The summed E-state index contributed by atoms with van der Waals surface area (Å²) in [7, 11) is 1.77. The Kier molecular flexibility index (Phi) is 6.56. The molecule has 0 radical (unpaired) electrons. The summed E-state index contributed by atoms with van der Waals surface area (Å²) in [6.45, 7) is 5.10. The van der Waals surface area contributed by atoms with Crippen molar-refractivity contribution in [1.29, 1.82) is 0 Å². The van der Waals surface area contributed by atoms with Gasteiger partial charge >= 0.3 is 5.97 Å². The minimum Gasteiger partial charge on any atom is -0.452 e. The van der Waals surface area contributed by atoms with Crippen molar-refractivity contribution in [3.05, 3.63) is 45.8 Å². The van der Waals surface area contributed by atoms with Gasteiger partial charge in [0.1, 0.15) is 0 Å². The lowest BCUT2D eigenvalue weighted by Gasteiger charge is -2.13. The summed E-state index contributed by atoms with van der Waals surface area (Å²) in [5.74, 6) is -1.01. The van der Waals surface area contributed by atoms with Crippen molar-refractivity contribution in [2.45, 2.75) is 31.8 Å². The molecule has 0 aliphatic carbocycles. The van der Waals surface area contributed by atoms with Gasteiger partial charge in [0.05, 0.1) is 27.8 Å². The number of nitrogens with zero attached hydrogens (tertiary/aromatic N) is 3. The first-order valence-electron chi connectivity index (χ1n) is 8.07. The number of carbonyl (C=O) groups excluding carboxylic acids is 2. The fourth-order valence-electron chi connectivity index (χ4n) is 2.27. The zero-order chi connectivity index (χ0) is 20.1. The minimum atomic E-state index is -0.964. The number of hydrogen-bond donors (Lipinski definition) is 1. The van der Waals surface area contributed by atoms with Gasteiger partial charge in [-0.15, -0.1) is 11.8 Å². The Morgan fingerprint density at radius 1 is 1.33 bits per heavy atom. The van der Waals surface area contributed by atoms with Gasteiger partial charge in [0.2, 0.25) is 0 Å². The second kappa shape index (κ2) is 8.67. The van der Waals surface area contributed by atoms with Crippen LogP contribution >= 0.6 is 11.8 Å². The van der Waals surface area contributed by atoms with Gasteiger partial charge in [-0.25, -0.2) is 0 Å². The number of rotatable bonds is 7. The zero-order valence-corrected chi connectivity index (χ0v) is 16.2. The van der Waals surface area contributed by atoms with Crippen molar-refractivity contribution in [2.24, 2.45) is 7.05 Å². The zero-order valence-electron chi connectivity index (χ0n) is 15.4. The average Bonchev–Trinajstić information content (AvgIpc) is 2.86. The van der Waals surface area contributed by atoms with Crippen LogP contribution in [0.1, 0.15) is 18.3 Å². The normalized spacial score (nSPS) is 11.7. The number of non-ortho nitro benzene ring substituents is 1. The number of benzene rings is 1. The van der Waals surface area contributed by atoms with E-state index in [0.29, 0.717) is 16.3 Å². The highest BCUT2D eigenvalue weighted by molar-refractivity contribution is 8.00. The summed E-state index contributed by atoms with van der Waals surface area (Å²) >= 11 is 1.17. The first-order valence-corrected chi connectivity index (χ1v) is 9.05. The van der Waals surface area contributed by atoms with E-state index in [4.69, 9.17) is 4.74 Å². The first-order chi connectivity index (χ1) is 12.7. The molecule has 0 saturated heterocycles. The van der Waals surface area contributed by atoms with Gasteiger partial charge in [0.25, 0.3) is 11.6 Å². The number of esters is 1. The Hall–Kier alpha value is -2.88. The molecule has 9 nitrogen and oxygen atoms in total. The molecule has 0 spiro atoms. The van der Waals surface area contributed by atoms with Gasteiger partial charge < -0.3 is 10.1 Å². The van der Waals surface area contributed by atoms with Crippen molar-refractivity contribution in [2.75, 3.05) is 11.1 Å². The van der Waals surface area contributed by atoms with Crippen molar-refractivity contribution in [3.8, 4) is 0 Å². The molecule has 0 fully saturated rings. The molecule has 1 N–H and O–H groups in total. The molecule has 1 aromatic heterocycles. The number of ether oxygens (including phenoxy) is 1. The van der Waals surface area contributed by atoms with E-state index in [1.807, 2.05) is 6.92 Å². The van der Waals surface area contributed by atoms with Crippen LogP contribution in [0.2, 0.25) is 0 Å². The van der Waals surface area contributed by atoms with Gasteiger partial charge in [-0.3, -0.25) is 24.4 Å². The molecule has 0 bridgehead atoms. The van der Waals surface area contributed by atoms with Gasteiger partial charge in [0.15, 0.2) is 6.10 Å². The summed E-state index contributed by atoms with van der Waals surface area (Å²) in [6.07, 6.45) is -0.964. The summed E-state index contributed by atoms with van der Waals surface area (Å²) in [6, 6.07) is 5.84. The molecule has 0 unspecified atom stereocenters. The Labute approximate surface area is 160 Å². The van der Waals surface area contributed by atoms with E-state index in [-0.39, 0.29) is 11.4 Å². The third-order valence-corrected chi connectivity index (χ3v) is 4.82. The SMILES string of the molecule is Cc1nn(C)c(C)c1NC(=O)[C@H](C)OC(=O)CSc1ccc([N+](=O)[O-])cc1. The van der Waals surface area contributed by atoms with Crippen LogP contribution in [-0.4, -0.2) is 38.4 Å². The lowest BCUT2D eigenvalue weighted by atomic mass is 10.3. The summed E-state index contributed by atoms with van der Waals surface area (Å²) in [5.41, 5.74) is 2.06. The molecule has 2 aromatic rings. The third kappa shape index (κ3) is 5.30. The fraction of sp³-hybridized carbons (Fsp3) is 0.353. The number of nitrogens with one attached hydrogen (secondary N) is 1. The predicted octanol–water partition coefficient (Wildman–Crippen LogP) is 2.61. The van der Waals surface area contributed by atoms with E-state index in [1.165, 1.54) is 30.8 Å². The fourth-order valence-corrected chi connectivity index (χ4v) is 2.95. The van der Waals surface area contributed by atoms with Crippen LogP contribution in [0.25, 0.3) is 0 Å². The van der Waals surface area contributed by atoms with Gasteiger partial charge in [-0.05, 0) is 32.9 Å². The molecule has 2 rings (SSSR count). The molecule has 144 valence electrons. The summed E-state index contributed by atoms with van der Waals surface area (Å²) in [5, 5.41) is 17.6. The lowest BCUT2D eigenvalue weighted by Crippen LogP contribution is -2.30. The molecule has 1 heterocycles. The monoisotopic (exact) mass is 392 g/mol. The first kappa shape index (κ1) is 20.4. The van der Waals surface area contributed by atoms with E-state index in [9.17, 15) is 19.7 Å². The summed E-state index contributed by atoms with van der Waals surface area (Å²) in [4.78, 5) is 35.0. The molecule has 0 saturated carbocycles. The number of nitro groups is 1. The van der Waals surface area contributed by atoms with Crippen LogP contribution in [0, 0.1) is 24.0 Å². The maximum Gasteiger partial charge on any atom is 0.317 e. The molecular formula is C17H20N4O5S.